The van der Waals surface area contributed by atoms with E-state index in [1.54, 1.807) is 0 Å². The monoisotopic (exact) mass is 370 g/mol. The molecule has 2 atom stereocenters. The summed E-state index contributed by atoms with van der Waals surface area (Å²) in [7, 11) is 1.33. The van der Waals surface area contributed by atoms with Gasteiger partial charge in [0, 0.05) is 18.7 Å². The molecular formula is C18H30N2O6. The predicted octanol–water partition coefficient (Wildman–Crippen LogP) is 2.38. The maximum Gasteiger partial charge on any atom is 0.407 e. The summed E-state index contributed by atoms with van der Waals surface area (Å²) in [5, 5.41) is 5.62. The van der Waals surface area contributed by atoms with E-state index in [2.05, 4.69) is 42.7 Å². The minimum Gasteiger partial charge on any atom is -0.459 e. The summed E-state index contributed by atoms with van der Waals surface area (Å²) in [6, 6.07) is -0.0774. The molecule has 0 aromatic heterocycles. The number of carbonyl (C=O) groups excluding carboxylic acids is 3. The van der Waals surface area contributed by atoms with Crippen LogP contribution in [0.5, 0.6) is 0 Å². The predicted molar refractivity (Wildman–Crippen MR) is 95.6 cm³/mol. The molecule has 0 aliphatic heterocycles. The van der Waals surface area contributed by atoms with E-state index in [0.29, 0.717) is 13.0 Å². The summed E-state index contributed by atoms with van der Waals surface area (Å²) in [6.45, 7) is 10.1. The Bertz CT molecular complexity index is 534. The topological polar surface area (TPSA) is 103 Å². The number of methoxy groups -OCH3 is 1. The van der Waals surface area contributed by atoms with Gasteiger partial charge < -0.3 is 24.8 Å². The third kappa shape index (κ3) is 7.76. The largest absolute Gasteiger partial charge is 0.459 e. The summed E-state index contributed by atoms with van der Waals surface area (Å²) in [5.41, 5.74) is -0.171. The number of ether oxygens (including phenoxy) is 3. The van der Waals surface area contributed by atoms with Crippen LogP contribution < -0.4 is 10.6 Å². The number of carbonyl (C=O) groups is 3. The summed E-state index contributed by atoms with van der Waals surface area (Å²) in [5.74, 6) is -0.558. The summed E-state index contributed by atoms with van der Waals surface area (Å²) >= 11 is 0. The van der Waals surface area contributed by atoms with Crippen LogP contribution in [-0.4, -0.2) is 51.1 Å². The fourth-order valence-corrected chi connectivity index (χ4v) is 3.77. The molecule has 2 N–H and O–H groups in total. The second-order valence-electron chi connectivity index (χ2n) is 7.75. The lowest BCUT2D eigenvalue weighted by atomic mass is 9.62. The first-order chi connectivity index (χ1) is 12.1. The lowest BCUT2D eigenvalue weighted by Gasteiger charge is -2.46. The van der Waals surface area contributed by atoms with Crippen molar-refractivity contribution < 1.29 is 28.6 Å². The standard InChI is InChI=1S/C18H30N2O6/c1-6-14(21)25-7-8-26-16(23)20-13-9-17(2,3)11-18(4,10-13)12-19-15(22)24-5/h6,13H,1,7-12H2,2-5H3,(H,19,22)(H,20,23). The molecule has 0 radical (unpaired) electrons. The van der Waals surface area contributed by atoms with Crippen molar-refractivity contribution in [1.82, 2.24) is 10.6 Å². The highest BCUT2D eigenvalue weighted by Crippen LogP contribution is 2.45. The molecule has 0 bridgehead atoms. The van der Waals surface area contributed by atoms with E-state index in [9.17, 15) is 14.4 Å². The lowest BCUT2D eigenvalue weighted by Crippen LogP contribution is -2.50. The molecule has 26 heavy (non-hydrogen) atoms. The molecule has 2 amide bonds. The third-order valence-corrected chi connectivity index (χ3v) is 4.34. The van der Waals surface area contributed by atoms with Gasteiger partial charge in [0.25, 0.3) is 0 Å². The highest BCUT2D eigenvalue weighted by atomic mass is 16.6. The SMILES string of the molecule is C=CC(=O)OCCOC(=O)NC1CC(C)(C)CC(C)(CNC(=O)OC)C1. The van der Waals surface area contributed by atoms with Gasteiger partial charge in [0.1, 0.15) is 13.2 Å². The number of hydrogen-bond acceptors (Lipinski definition) is 6. The number of rotatable bonds is 7. The molecule has 0 spiro atoms. The molecule has 0 saturated heterocycles. The van der Waals surface area contributed by atoms with Crippen LogP contribution in [-0.2, 0) is 19.0 Å². The first-order valence-electron chi connectivity index (χ1n) is 8.63. The van der Waals surface area contributed by atoms with Crippen LogP contribution in [0, 0.1) is 10.8 Å². The quantitative estimate of drug-likeness (QED) is 0.309. The molecule has 1 aliphatic rings. The van der Waals surface area contributed by atoms with Gasteiger partial charge in [-0.25, -0.2) is 14.4 Å². The van der Waals surface area contributed by atoms with Crippen molar-refractivity contribution in [2.75, 3.05) is 26.9 Å². The molecule has 0 aromatic carbocycles. The van der Waals surface area contributed by atoms with E-state index in [4.69, 9.17) is 9.47 Å². The molecule has 1 aliphatic carbocycles. The highest BCUT2D eigenvalue weighted by molar-refractivity contribution is 5.81. The number of esters is 1. The van der Waals surface area contributed by atoms with Crippen molar-refractivity contribution in [2.45, 2.75) is 46.1 Å². The molecule has 8 heteroatoms. The van der Waals surface area contributed by atoms with Gasteiger partial charge in [-0.15, -0.1) is 0 Å². The zero-order valence-corrected chi connectivity index (χ0v) is 16.1. The zero-order valence-electron chi connectivity index (χ0n) is 16.1. The van der Waals surface area contributed by atoms with E-state index in [0.717, 1.165) is 18.9 Å². The van der Waals surface area contributed by atoms with Crippen LogP contribution >= 0.6 is 0 Å². The van der Waals surface area contributed by atoms with Crippen molar-refractivity contribution in [3.63, 3.8) is 0 Å². The van der Waals surface area contributed by atoms with Gasteiger partial charge >= 0.3 is 18.2 Å². The average molecular weight is 370 g/mol. The smallest absolute Gasteiger partial charge is 0.407 e. The summed E-state index contributed by atoms with van der Waals surface area (Å²) in [4.78, 5) is 34.3. The van der Waals surface area contributed by atoms with Gasteiger partial charge in [0.05, 0.1) is 7.11 Å². The van der Waals surface area contributed by atoms with Crippen LogP contribution in [0.3, 0.4) is 0 Å². The molecular weight excluding hydrogens is 340 g/mol. The van der Waals surface area contributed by atoms with Crippen molar-refractivity contribution in [3.8, 4) is 0 Å². The fraction of sp³-hybridized carbons (Fsp3) is 0.722. The van der Waals surface area contributed by atoms with E-state index < -0.39 is 18.2 Å². The second kappa shape index (κ2) is 9.45. The molecule has 1 saturated carbocycles. The Labute approximate surface area is 154 Å². The van der Waals surface area contributed by atoms with Crippen LogP contribution in [0.15, 0.2) is 12.7 Å². The molecule has 8 nitrogen and oxygen atoms in total. The number of alkyl carbamates (subject to hydrolysis) is 2. The number of hydrogen-bond donors (Lipinski definition) is 2. The van der Waals surface area contributed by atoms with Gasteiger partial charge in [-0.2, -0.15) is 0 Å². The second-order valence-corrected chi connectivity index (χ2v) is 7.75. The van der Waals surface area contributed by atoms with E-state index >= 15 is 0 Å². The minimum atomic E-state index is -0.558. The Morgan fingerprint density at radius 2 is 1.77 bits per heavy atom. The minimum absolute atomic E-state index is 0.00222. The molecule has 148 valence electrons. The van der Waals surface area contributed by atoms with Crippen molar-refractivity contribution in [1.29, 1.82) is 0 Å². The molecule has 1 rings (SSSR count). The van der Waals surface area contributed by atoms with E-state index in [1.807, 2.05) is 0 Å². The van der Waals surface area contributed by atoms with Crippen molar-refractivity contribution in [2.24, 2.45) is 10.8 Å². The molecule has 0 aromatic rings. The van der Waals surface area contributed by atoms with Crippen LogP contribution in [0.4, 0.5) is 9.59 Å². The van der Waals surface area contributed by atoms with Gasteiger partial charge in [-0.3, -0.25) is 0 Å². The Balaban J connectivity index is 2.51. The van der Waals surface area contributed by atoms with Crippen LogP contribution in [0.1, 0.15) is 40.0 Å². The normalized spacial score (nSPS) is 24.1. The van der Waals surface area contributed by atoms with Gasteiger partial charge in [-0.1, -0.05) is 27.4 Å². The van der Waals surface area contributed by atoms with Crippen molar-refractivity contribution in [3.05, 3.63) is 12.7 Å². The van der Waals surface area contributed by atoms with Gasteiger partial charge in [0.2, 0.25) is 0 Å². The molecule has 0 heterocycles. The average Bonchev–Trinajstić information content (AvgIpc) is 2.54. The Kier molecular flexibility index (Phi) is 7.92. The fourth-order valence-electron chi connectivity index (χ4n) is 3.77. The summed E-state index contributed by atoms with van der Waals surface area (Å²) in [6.07, 6.45) is 2.46. The molecule has 1 fully saturated rings. The Hall–Kier alpha value is -2.25. The highest BCUT2D eigenvalue weighted by Gasteiger charge is 2.42. The zero-order chi connectivity index (χ0) is 19.8. The van der Waals surface area contributed by atoms with Gasteiger partial charge in [0.15, 0.2) is 0 Å². The van der Waals surface area contributed by atoms with E-state index in [-0.39, 0.29) is 30.1 Å². The lowest BCUT2D eigenvalue weighted by molar-refractivity contribution is -0.138. The maximum absolute atomic E-state index is 12.0. The third-order valence-electron chi connectivity index (χ3n) is 4.34. The van der Waals surface area contributed by atoms with Crippen LogP contribution in [0.25, 0.3) is 0 Å². The van der Waals surface area contributed by atoms with Crippen LogP contribution in [0.2, 0.25) is 0 Å². The first-order valence-corrected chi connectivity index (χ1v) is 8.63. The Morgan fingerprint density at radius 3 is 2.38 bits per heavy atom. The maximum atomic E-state index is 12.0. The van der Waals surface area contributed by atoms with Gasteiger partial charge in [-0.05, 0) is 30.1 Å². The first kappa shape index (κ1) is 21.8. The van der Waals surface area contributed by atoms with Crippen molar-refractivity contribution >= 4 is 18.2 Å². The molecule has 2 unspecified atom stereocenters. The Morgan fingerprint density at radius 1 is 1.12 bits per heavy atom. The number of amides is 2. The number of nitrogens with one attached hydrogen (secondary N) is 2. The van der Waals surface area contributed by atoms with E-state index in [1.165, 1.54) is 7.11 Å². The summed E-state index contributed by atoms with van der Waals surface area (Å²) < 4.78 is 14.4.